The smallest absolute Gasteiger partial charge is 0.109 e. The third-order valence-corrected chi connectivity index (χ3v) is 4.65. The Morgan fingerprint density at radius 3 is 2.45 bits per heavy atom. The van der Waals surface area contributed by atoms with E-state index in [9.17, 15) is 0 Å². The van der Waals surface area contributed by atoms with Gasteiger partial charge >= 0.3 is 41.3 Å². The molecule has 0 saturated heterocycles. The predicted octanol–water partition coefficient (Wildman–Crippen LogP) is 5.42. The predicted molar refractivity (Wildman–Crippen MR) is 92.9 cm³/mol. The Balaban J connectivity index is 0.000000163. The fraction of sp³-hybridized carbons (Fsp3) is 0.524. The minimum atomic E-state index is 0.776. The van der Waals surface area contributed by atoms with Gasteiger partial charge in [0.05, 0.1) is 0 Å². The van der Waals surface area contributed by atoms with E-state index in [0.29, 0.717) is 0 Å². The first-order chi connectivity index (χ1) is 10.7. The molecule has 0 aromatic heterocycles. The first-order valence-corrected chi connectivity index (χ1v) is 9.85. The molecule has 116 valence electrons. The van der Waals surface area contributed by atoms with Gasteiger partial charge in [0, 0.05) is 0 Å². The van der Waals surface area contributed by atoms with Crippen molar-refractivity contribution >= 4 is 3.21 Å². The molecule has 0 spiro atoms. The molecule has 1 heteroatoms. The quantitative estimate of drug-likeness (QED) is 0.499. The van der Waals surface area contributed by atoms with Gasteiger partial charge in [0.1, 0.15) is 0 Å². The zero-order chi connectivity index (χ0) is 15.8. The van der Waals surface area contributed by atoms with Crippen molar-refractivity contribution in [3.05, 3.63) is 55.0 Å². The maximum atomic E-state index is 2.99. The summed E-state index contributed by atoms with van der Waals surface area (Å²) in [4.78, 5) is 0. The van der Waals surface area contributed by atoms with Gasteiger partial charge in [-0.25, -0.2) is 12.2 Å². The van der Waals surface area contributed by atoms with Crippen molar-refractivity contribution in [2.24, 2.45) is 23.7 Å². The average Bonchev–Trinajstić information content (AvgIpc) is 3.18. The fourth-order valence-electron chi connectivity index (χ4n) is 3.79. The van der Waals surface area contributed by atoms with E-state index in [1.54, 1.807) is 24.2 Å². The van der Waals surface area contributed by atoms with Crippen LogP contribution in [0.5, 0.6) is 0 Å². The van der Waals surface area contributed by atoms with Crippen LogP contribution in [0.3, 0.4) is 0 Å². The molecule has 4 aliphatic carbocycles. The van der Waals surface area contributed by atoms with Crippen LogP contribution in [0.2, 0.25) is 0 Å². The van der Waals surface area contributed by atoms with E-state index in [4.69, 9.17) is 0 Å². The Kier molecular flexibility index (Phi) is 8.01. The zero-order valence-electron chi connectivity index (χ0n) is 14.0. The summed E-state index contributed by atoms with van der Waals surface area (Å²) in [5, 5.41) is 0. The van der Waals surface area contributed by atoms with Gasteiger partial charge in [-0.15, -0.1) is 18.4 Å². The largest absolute Gasteiger partial charge is 0.273 e. The van der Waals surface area contributed by atoms with Crippen LogP contribution in [0.25, 0.3) is 0 Å². The first kappa shape index (κ1) is 18.1. The van der Waals surface area contributed by atoms with Crippen molar-refractivity contribution in [2.75, 3.05) is 0 Å². The van der Waals surface area contributed by atoms with Crippen LogP contribution in [0.4, 0.5) is 0 Å². The van der Waals surface area contributed by atoms with E-state index in [1.165, 1.54) is 28.9 Å². The second-order valence-electron chi connectivity index (χ2n) is 6.73. The Morgan fingerprint density at radius 1 is 1.09 bits per heavy atom. The van der Waals surface area contributed by atoms with Crippen LogP contribution in [0.15, 0.2) is 42.5 Å². The number of hydrogen-bond donors (Lipinski definition) is 0. The Morgan fingerprint density at radius 2 is 1.82 bits per heavy atom. The van der Waals surface area contributed by atoms with Gasteiger partial charge < -0.3 is 6.42 Å². The summed E-state index contributed by atoms with van der Waals surface area (Å²) in [7, 11) is 0. The van der Waals surface area contributed by atoms with E-state index in [0.717, 1.165) is 30.1 Å². The summed E-state index contributed by atoms with van der Waals surface area (Å²) in [6.07, 6.45) is 27.8. The van der Waals surface area contributed by atoms with Crippen molar-refractivity contribution < 1.29 is 24.2 Å². The molecule has 4 unspecified atom stereocenters. The van der Waals surface area contributed by atoms with E-state index in [-0.39, 0.29) is 0 Å². The number of allylic oxidation sites excluding steroid dienone is 8. The molecule has 0 amide bonds. The van der Waals surface area contributed by atoms with Crippen LogP contribution in [0, 0.1) is 36.2 Å². The number of rotatable bonds is 0. The van der Waals surface area contributed by atoms with Gasteiger partial charge in [-0.1, -0.05) is 49.8 Å². The maximum Gasteiger partial charge on any atom is -0.109 e. The summed E-state index contributed by atoms with van der Waals surface area (Å²) < 4.78 is 1.51. The minimum absolute atomic E-state index is 0.776. The van der Waals surface area contributed by atoms with E-state index in [1.807, 2.05) is 12.2 Å². The Bertz CT molecular complexity index is 452. The fourth-order valence-corrected chi connectivity index (χ4v) is 3.79. The first-order valence-electron chi connectivity index (χ1n) is 8.62. The second kappa shape index (κ2) is 9.76. The molecule has 0 aliphatic heterocycles. The Hall–Kier alpha value is -0.287. The molecule has 4 aliphatic rings. The molecule has 0 heterocycles. The summed E-state index contributed by atoms with van der Waals surface area (Å²) >= 11 is 1.55. The van der Waals surface area contributed by atoms with E-state index < -0.39 is 0 Å². The molecule has 0 N–H and O–H groups in total. The van der Waals surface area contributed by atoms with Crippen molar-refractivity contribution in [3.8, 4) is 0 Å². The van der Waals surface area contributed by atoms with Crippen molar-refractivity contribution in [1.82, 2.24) is 0 Å². The van der Waals surface area contributed by atoms with Crippen LogP contribution in [0.1, 0.15) is 46.0 Å². The molecular formula is C21H28Zr. The SMILES string of the molecule is C1=CC2[CH-]C3CCCCC3C2C=C1.C[C](C)=[Zr+2].[C-]1=CC=CC1. The van der Waals surface area contributed by atoms with Gasteiger partial charge in [-0.2, -0.15) is 12.0 Å². The summed E-state index contributed by atoms with van der Waals surface area (Å²) in [6, 6.07) is 0. The van der Waals surface area contributed by atoms with Crippen molar-refractivity contribution in [2.45, 2.75) is 46.0 Å². The van der Waals surface area contributed by atoms with Gasteiger partial charge in [0.15, 0.2) is 0 Å². The molecule has 0 radical (unpaired) electrons. The monoisotopic (exact) mass is 370 g/mol. The third kappa shape index (κ3) is 5.73. The molecule has 0 bridgehead atoms. The summed E-state index contributed by atoms with van der Waals surface area (Å²) in [5.74, 6) is 3.56. The molecule has 2 fully saturated rings. The van der Waals surface area contributed by atoms with E-state index in [2.05, 4.69) is 56.7 Å². The standard InChI is InChI=1S/C13H17.C5H5.C3H6.Zr/c1-3-7-12-10(5-1)9-11-6-2-4-8-13(11)12;1-2-4-5-3-1;1-3-2;/h1,3,5,7,9-13H,2,4,6,8H2;1-3H,4H2;1-2H3;/q2*-1;;+2. The van der Waals surface area contributed by atoms with Crippen LogP contribution in [-0.2, 0) is 24.2 Å². The van der Waals surface area contributed by atoms with Crippen molar-refractivity contribution in [3.63, 3.8) is 0 Å². The second-order valence-corrected chi connectivity index (χ2v) is 9.19. The molecule has 0 aromatic rings. The van der Waals surface area contributed by atoms with Crippen molar-refractivity contribution in [1.29, 1.82) is 0 Å². The summed E-state index contributed by atoms with van der Waals surface area (Å²) in [5.41, 5.74) is 0. The van der Waals surface area contributed by atoms with E-state index >= 15 is 0 Å². The minimum Gasteiger partial charge on any atom is -0.273 e. The maximum absolute atomic E-state index is 2.99. The van der Waals surface area contributed by atoms with Gasteiger partial charge in [-0.05, 0) is 5.92 Å². The average molecular weight is 372 g/mol. The molecule has 0 nitrogen and oxygen atoms in total. The van der Waals surface area contributed by atoms with Crippen LogP contribution >= 0.6 is 0 Å². The third-order valence-electron chi connectivity index (χ3n) is 4.65. The summed E-state index contributed by atoms with van der Waals surface area (Å²) in [6.45, 7) is 4.25. The normalized spacial score (nSPS) is 33.3. The molecular weight excluding hydrogens is 343 g/mol. The number of hydrogen-bond acceptors (Lipinski definition) is 0. The zero-order valence-corrected chi connectivity index (χ0v) is 16.4. The Labute approximate surface area is 151 Å². The van der Waals surface area contributed by atoms with Crippen LogP contribution in [-0.4, -0.2) is 3.21 Å². The number of fused-ring (bicyclic) bond motifs is 3. The van der Waals surface area contributed by atoms with Gasteiger partial charge in [-0.3, -0.25) is 6.08 Å². The molecule has 2 saturated carbocycles. The molecule has 0 aromatic carbocycles. The molecule has 4 rings (SSSR count). The van der Waals surface area contributed by atoms with Crippen LogP contribution < -0.4 is 0 Å². The topological polar surface area (TPSA) is 0 Å². The molecule has 4 atom stereocenters. The van der Waals surface area contributed by atoms with Gasteiger partial charge in [0.25, 0.3) is 0 Å². The van der Waals surface area contributed by atoms with Gasteiger partial charge in [0.2, 0.25) is 0 Å². The molecule has 22 heavy (non-hydrogen) atoms.